The molecule has 1 aromatic rings. The van der Waals surface area contributed by atoms with Crippen LogP contribution in [0.15, 0.2) is 22.8 Å². The van der Waals surface area contributed by atoms with E-state index >= 15 is 0 Å². The van der Waals surface area contributed by atoms with Crippen LogP contribution in [0.5, 0.6) is 0 Å². The molecule has 16 heavy (non-hydrogen) atoms. The molecule has 0 aromatic carbocycles. The number of rotatable bonds is 4. The van der Waals surface area contributed by atoms with Crippen molar-refractivity contribution in [2.24, 2.45) is 0 Å². The lowest BCUT2D eigenvalue weighted by Crippen LogP contribution is -2.50. The van der Waals surface area contributed by atoms with Gasteiger partial charge in [-0.15, -0.1) is 0 Å². The molecule has 1 atom stereocenters. The minimum Gasteiger partial charge on any atom is -0.481 e. The number of carboxylic acids is 1. The van der Waals surface area contributed by atoms with E-state index in [4.69, 9.17) is 9.52 Å². The van der Waals surface area contributed by atoms with Crippen LogP contribution in [0, 0.1) is 0 Å². The van der Waals surface area contributed by atoms with Gasteiger partial charge in [-0.3, -0.25) is 9.69 Å². The van der Waals surface area contributed by atoms with Crippen LogP contribution in [0.1, 0.15) is 12.2 Å². The molecule has 5 heteroatoms. The summed E-state index contributed by atoms with van der Waals surface area (Å²) in [5, 5.41) is 11.9. The Bertz CT molecular complexity index is 337. The topological polar surface area (TPSA) is 65.7 Å². The number of furan rings is 1. The standard InChI is InChI=1S/C11H16N2O3/c14-11(15)6-9-7-13(4-3-12-9)8-10-2-1-5-16-10/h1-2,5,9,12H,3-4,6-8H2,(H,14,15). The highest BCUT2D eigenvalue weighted by Gasteiger charge is 2.21. The van der Waals surface area contributed by atoms with Gasteiger partial charge < -0.3 is 14.8 Å². The van der Waals surface area contributed by atoms with E-state index in [1.54, 1.807) is 6.26 Å². The number of aliphatic carboxylic acids is 1. The maximum absolute atomic E-state index is 10.6. The van der Waals surface area contributed by atoms with Crippen molar-refractivity contribution in [1.29, 1.82) is 0 Å². The molecule has 2 rings (SSSR count). The number of carboxylic acid groups (broad SMARTS) is 1. The number of nitrogens with zero attached hydrogens (tertiary/aromatic N) is 1. The molecule has 0 spiro atoms. The maximum Gasteiger partial charge on any atom is 0.304 e. The summed E-state index contributed by atoms with van der Waals surface area (Å²) in [5.74, 6) is 0.174. The van der Waals surface area contributed by atoms with Gasteiger partial charge in [0.15, 0.2) is 0 Å². The van der Waals surface area contributed by atoms with E-state index in [0.29, 0.717) is 0 Å². The number of piperazine rings is 1. The Morgan fingerprint density at radius 2 is 2.56 bits per heavy atom. The highest BCUT2D eigenvalue weighted by molar-refractivity contribution is 5.67. The van der Waals surface area contributed by atoms with Crippen molar-refractivity contribution in [3.63, 3.8) is 0 Å². The van der Waals surface area contributed by atoms with Crippen LogP contribution in [0.3, 0.4) is 0 Å². The van der Waals surface area contributed by atoms with Crippen LogP contribution in [0.25, 0.3) is 0 Å². The zero-order valence-corrected chi connectivity index (χ0v) is 9.06. The molecule has 0 amide bonds. The van der Waals surface area contributed by atoms with E-state index in [2.05, 4.69) is 10.2 Å². The van der Waals surface area contributed by atoms with Crippen molar-refractivity contribution in [2.45, 2.75) is 19.0 Å². The average molecular weight is 224 g/mol. The maximum atomic E-state index is 10.6. The lowest BCUT2D eigenvalue weighted by atomic mass is 10.1. The van der Waals surface area contributed by atoms with Gasteiger partial charge in [-0.05, 0) is 12.1 Å². The summed E-state index contributed by atoms with van der Waals surface area (Å²) in [7, 11) is 0. The summed E-state index contributed by atoms with van der Waals surface area (Å²) in [5.41, 5.74) is 0. The molecule has 0 aliphatic carbocycles. The molecule has 2 heterocycles. The number of hydrogen-bond acceptors (Lipinski definition) is 4. The van der Waals surface area contributed by atoms with Crippen LogP contribution in [0.2, 0.25) is 0 Å². The predicted molar refractivity (Wildman–Crippen MR) is 58.0 cm³/mol. The Balaban J connectivity index is 1.84. The zero-order valence-electron chi connectivity index (χ0n) is 9.06. The van der Waals surface area contributed by atoms with Crippen molar-refractivity contribution in [1.82, 2.24) is 10.2 Å². The van der Waals surface area contributed by atoms with E-state index in [9.17, 15) is 4.79 Å². The first-order valence-corrected chi connectivity index (χ1v) is 5.44. The fourth-order valence-electron chi connectivity index (χ4n) is 2.01. The molecule has 88 valence electrons. The third kappa shape index (κ3) is 3.08. The largest absolute Gasteiger partial charge is 0.481 e. The molecular formula is C11H16N2O3. The van der Waals surface area contributed by atoms with Gasteiger partial charge in [0.05, 0.1) is 19.2 Å². The minimum atomic E-state index is -0.752. The van der Waals surface area contributed by atoms with E-state index in [0.717, 1.165) is 31.9 Å². The van der Waals surface area contributed by atoms with Gasteiger partial charge in [0.25, 0.3) is 0 Å². The fraction of sp³-hybridized carbons (Fsp3) is 0.545. The van der Waals surface area contributed by atoms with Gasteiger partial charge in [-0.1, -0.05) is 0 Å². The molecule has 1 saturated heterocycles. The first-order chi connectivity index (χ1) is 7.74. The number of carbonyl (C=O) groups is 1. The SMILES string of the molecule is O=C(O)CC1CN(Cc2ccco2)CCN1. The van der Waals surface area contributed by atoms with Gasteiger partial charge in [0, 0.05) is 25.7 Å². The molecule has 1 aliphatic heterocycles. The van der Waals surface area contributed by atoms with Gasteiger partial charge in [0.1, 0.15) is 5.76 Å². The average Bonchev–Trinajstić information content (AvgIpc) is 2.70. The van der Waals surface area contributed by atoms with Gasteiger partial charge >= 0.3 is 5.97 Å². The molecule has 1 aromatic heterocycles. The molecule has 1 fully saturated rings. The molecular weight excluding hydrogens is 208 g/mol. The summed E-state index contributed by atoms with van der Waals surface area (Å²) < 4.78 is 5.27. The minimum absolute atomic E-state index is 0.0428. The third-order valence-electron chi connectivity index (χ3n) is 2.72. The number of nitrogens with one attached hydrogen (secondary N) is 1. The molecule has 1 aliphatic rings. The van der Waals surface area contributed by atoms with Crippen LogP contribution in [-0.2, 0) is 11.3 Å². The van der Waals surface area contributed by atoms with E-state index in [1.807, 2.05) is 12.1 Å². The smallest absolute Gasteiger partial charge is 0.304 e. The Morgan fingerprint density at radius 1 is 1.69 bits per heavy atom. The molecule has 0 saturated carbocycles. The van der Waals surface area contributed by atoms with Crippen molar-refractivity contribution in [2.75, 3.05) is 19.6 Å². The second-order valence-corrected chi connectivity index (χ2v) is 4.06. The lowest BCUT2D eigenvalue weighted by molar-refractivity contribution is -0.137. The van der Waals surface area contributed by atoms with E-state index < -0.39 is 5.97 Å². The Morgan fingerprint density at radius 3 is 3.25 bits per heavy atom. The lowest BCUT2D eigenvalue weighted by Gasteiger charge is -2.32. The first-order valence-electron chi connectivity index (χ1n) is 5.44. The quantitative estimate of drug-likeness (QED) is 0.781. The van der Waals surface area contributed by atoms with Gasteiger partial charge in [-0.2, -0.15) is 0 Å². The van der Waals surface area contributed by atoms with Crippen LogP contribution >= 0.6 is 0 Å². The highest BCUT2D eigenvalue weighted by atomic mass is 16.4. The Hall–Kier alpha value is -1.33. The fourth-order valence-corrected chi connectivity index (χ4v) is 2.01. The van der Waals surface area contributed by atoms with Crippen LogP contribution < -0.4 is 5.32 Å². The third-order valence-corrected chi connectivity index (χ3v) is 2.72. The van der Waals surface area contributed by atoms with Crippen molar-refractivity contribution in [3.8, 4) is 0 Å². The molecule has 1 unspecified atom stereocenters. The summed E-state index contributed by atoms with van der Waals surface area (Å²) in [6.45, 7) is 3.27. The molecule has 5 nitrogen and oxygen atoms in total. The van der Waals surface area contributed by atoms with Crippen molar-refractivity contribution in [3.05, 3.63) is 24.2 Å². The predicted octanol–water partition coefficient (Wildman–Crippen LogP) is 0.528. The van der Waals surface area contributed by atoms with Crippen molar-refractivity contribution >= 4 is 5.97 Å². The summed E-state index contributed by atoms with van der Waals surface area (Å²) in [4.78, 5) is 12.8. The normalized spacial score (nSPS) is 22.1. The van der Waals surface area contributed by atoms with E-state index in [-0.39, 0.29) is 12.5 Å². The van der Waals surface area contributed by atoms with Crippen LogP contribution in [0.4, 0.5) is 0 Å². The van der Waals surface area contributed by atoms with Gasteiger partial charge in [-0.25, -0.2) is 0 Å². The zero-order chi connectivity index (χ0) is 11.4. The molecule has 0 radical (unpaired) electrons. The van der Waals surface area contributed by atoms with Gasteiger partial charge in [0.2, 0.25) is 0 Å². The monoisotopic (exact) mass is 224 g/mol. The highest BCUT2D eigenvalue weighted by Crippen LogP contribution is 2.09. The summed E-state index contributed by atoms with van der Waals surface area (Å²) >= 11 is 0. The van der Waals surface area contributed by atoms with E-state index in [1.165, 1.54) is 0 Å². The Kier molecular flexibility index (Phi) is 3.58. The second-order valence-electron chi connectivity index (χ2n) is 4.06. The number of hydrogen-bond donors (Lipinski definition) is 2. The van der Waals surface area contributed by atoms with Crippen LogP contribution in [-0.4, -0.2) is 41.7 Å². The molecule has 0 bridgehead atoms. The van der Waals surface area contributed by atoms with Crippen molar-refractivity contribution < 1.29 is 14.3 Å². The summed E-state index contributed by atoms with van der Waals surface area (Å²) in [6.07, 6.45) is 1.83. The molecule has 2 N–H and O–H groups in total. The Labute approximate surface area is 94.0 Å². The second kappa shape index (κ2) is 5.14. The first kappa shape index (κ1) is 11.2. The summed E-state index contributed by atoms with van der Waals surface area (Å²) in [6, 6.07) is 3.85.